The van der Waals surface area contributed by atoms with Crippen LogP contribution in [0.1, 0.15) is 25.6 Å². The van der Waals surface area contributed by atoms with Crippen LogP contribution in [0.15, 0.2) is 6.33 Å². The Morgan fingerprint density at radius 3 is 2.35 bits per heavy atom. The number of hydrogen-bond acceptors (Lipinski definition) is 4. The van der Waals surface area contributed by atoms with Crippen LogP contribution < -0.4 is 0 Å². The summed E-state index contributed by atoms with van der Waals surface area (Å²) in [6.07, 6.45) is 4.51. The molecular weight excluding hydrogens is 240 g/mol. The van der Waals surface area contributed by atoms with Gasteiger partial charge in [0, 0.05) is 25.6 Å². The lowest BCUT2D eigenvalue weighted by Gasteiger charge is -2.37. The number of nitrogens with zero attached hydrogens (tertiary/aromatic N) is 4. The van der Waals surface area contributed by atoms with Gasteiger partial charge in [-0.05, 0) is 12.8 Å². The molecule has 0 N–H and O–H groups in total. The Bertz CT molecular complexity index is 500. The fraction of sp³-hybridized carbons (Fsp3) is 0.800. The molecule has 2 heterocycles. The van der Waals surface area contributed by atoms with Gasteiger partial charge in [-0.25, -0.2) is 12.7 Å². The molecule has 0 unspecified atom stereocenters. The molecule has 96 valence electrons. The van der Waals surface area contributed by atoms with Gasteiger partial charge in [-0.15, -0.1) is 10.2 Å². The first-order valence-electron chi connectivity index (χ1n) is 5.62. The highest BCUT2D eigenvalue weighted by atomic mass is 32.2. The molecule has 0 aromatic carbocycles. The molecule has 1 fully saturated rings. The Kier molecular flexibility index (Phi) is 2.99. The third kappa shape index (κ3) is 2.35. The van der Waals surface area contributed by atoms with E-state index in [1.54, 1.807) is 6.33 Å². The first kappa shape index (κ1) is 12.5. The lowest BCUT2D eigenvalue weighted by molar-refractivity contribution is 0.236. The quantitative estimate of drug-likeness (QED) is 0.756. The molecule has 0 aliphatic carbocycles. The van der Waals surface area contributed by atoms with Crippen molar-refractivity contribution in [2.75, 3.05) is 19.3 Å². The van der Waals surface area contributed by atoms with Crippen LogP contribution in [0.2, 0.25) is 0 Å². The normalized spacial score (nSPS) is 21.6. The molecule has 0 saturated carbocycles. The summed E-state index contributed by atoms with van der Waals surface area (Å²) in [5.74, 6) is 0.936. The lowest BCUT2D eigenvalue weighted by atomic mass is 9.80. The molecule has 0 bridgehead atoms. The van der Waals surface area contributed by atoms with Crippen LogP contribution in [0.3, 0.4) is 0 Å². The van der Waals surface area contributed by atoms with E-state index >= 15 is 0 Å². The highest BCUT2D eigenvalue weighted by molar-refractivity contribution is 7.88. The van der Waals surface area contributed by atoms with Crippen molar-refractivity contribution in [3.63, 3.8) is 0 Å². The van der Waals surface area contributed by atoms with E-state index in [1.807, 2.05) is 11.6 Å². The minimum absolute atomic E-state index is 0.0769. The summed E-state index contributed by atoms with van der Waals surface area (Å²) in [6.45, 7) is 3.24. The van der Waals surface area contributed by atoms with E-state index in [0.717, 1.165) is 18.7 Å². The van der Waals surface area contributed by atoms with Gasteiger partial charge in [-0.1, -0.05) is 6.92 Å². The van der Waals surface area contributed by atoms with Crippen LogP contribution in [-0.2, 0) is 22.5 Å². The molecule has 0 atom stereocenters. The summed E-state index contributed by atoms with van der Waals surface area (Å²) < 4.78 is 26.3. The predicted octanol–water partition coefficient (Wildman–Crippen LogP) is 0.128. The van der Waals surface area contributed by atoms with E-state index < -0.39 is 10.0 Å². The second-order valence-corrected chi connectivity index (χ2v) is 6.97. The summed E-state index contributed by atoms with van der Waals surface area (Å²) in [4.78, 5) is 0. The largest absolute Gasteiger partial charge is 0.320 e. The van der Waals surface area contributed by atoms with Crippen LogP contribution in [0, 0.1) is 0 Å². The SMILES string of the molecule is Cn1cnnc1C1(C)CCN(S(C)(=O)=O)CC1. The molecule has 6 nitrogen and oxygen atoms in total. The van der Waals surface area contributed by atoms with Gasteiger partial charge in [0.1, 0.15) is 12.2 Å². The summed E-state index contributed by atoms with van der Waals surface area (Å²) in [7, 11) is -1.14. The molecule has 2 rings (SSSR count). The molecule has 1 aliphatic rings. The highest BCUT2D eigenvalue weighted by Crippen LogP contribution is 2.33. The van der Waals surface area contributed by atoms with E-state index in [9.17, 15) is 8.42 Å². The van der Waals surface area contributed by atoms with E-state index in [1.165, 1.54) is 10.6 Å². The topological polar surface area (TPSA) is 68.1 Å². The first-order valence-corrected chi connectivity index (χ1v) is 7.47. The molecule has 7 heteroatoms. The summed E-state index contributed by atoms with van der Waals surface area (Å²) in [5.41, 5.74) is -0.0769. The number of piperidine rings is 1. The zero-order chi connectivity index (χ0) is 12.7. The van der Waals surface area contributed by atoms with Crippen molar-refractivity contribution in [1.29, 1.82) is 0 Å². The second kappa shape index (κ2) is 4.06. The van der Waals surface area contributed by atoms with Crippen molar-refractivity contribution in [2.24, 2.45) is 7.05 Å². The van der Waals surface area contributed by atoms with Gasteiger partial charge in [-0.2, -0.15) is 0 Å². The summed E-state index contributed by atoms with van der Waals surface area (Å²) >= 11 is 0. The third-order valence-electron chi connectivity index (χ3n) is 3.55. The van der Waals surface area contributed by atoms with Gasteiger partial charge < -0.3 is 4.57 Å². The highest BCUT2D eigenvalue weighted by Gasteiger charge is 2.37. The van der Waals surface area contributed by atoms with Gasteiger partial charge >= 0.3 is 0 Å². The maximum absolute atomic E-state index is 11.4. The Hall–Kier alpha value is -0.950. The van der Waals surface area contributed by atoms with Crippen LogP contribution in [0.5, 0.6) is 0 Å². The van der Waals surface area contributed by atoms with Crippen LogP contribution >= 0.6 is 0 Å². The number of aryl methyl sites for hydroxylation is 1. The van der Waals surface area contributed by atoms with Gasteiger partial charge in [0.15, 0.2) is 0 Å². The maximum Gasteiger partial charge on any atom is 0.211 e. The monoisotopic (exact) mass is 258 g/mol. The first-order chi connectivity index (χ1) is 7.83. The molecule has 0 spiro atoms. The molecule has 17 heavy (non-hydrogen) atoms. The van der Waals surface area contributed by atoms with Gasteiger partial charge in [0.25, 0.3) is 0 Å². The summed E-state index contributed by atoms with van der Waals surface area (Å²) in [5, 5.41) is 8.03. The Labute approximate surface area is 102 Å². The zero-order valence-electron chi connectivity index (χ0n) is 10.4. The van der Waals surface area contributed by atoms with Gasteiger partial charge in [-0.3, -0.25) is 0 Å². The zero-order valence-corrected chi connectivity index (χ0v) is 11.2. The fourth-order valence-electron chi connectivity index (χ4n) is 2.36. The van der Waals surface area contributed by atoms with Crippen LogP contribution in [-0.4, -0.2) is 46.8 Å². The van der Waals surface area contributed by atoms with Crippen molar-refractivity contribution >= 4 is 10.0 Å². The van der Waals surface area contributed by atoms with Crippen molar-refractivity contribution in [2.45, 2.75) is 25.2 Å². The average Bonchev–Trinajstić information content (AvgIpc) is 2.64. The smallest absolute Gasteiger partial charge is 0.211 e. The van der Waals surface area contributed by atoms with Crippen LogP contribution in [0.25, 0.3) is 0 Å². The molecule has 0 radical (unpaired) electrons. The number of aromatic nitrogens is 3. The molecule has 1 aromatic rings. The molecule has 0 amide bonds. The average molecular weight is 258 g/mol. The minimum atomic E-state index is -3.06. The number of rotatable bonds is 2. The standard InChI is InChI=1S/C10H18N4O2S/c1-10(9-12-11-8-13(9)2)4-6-14(7-5-10)17(3,15)16/h8H,4-7H2,1-3H3. The van der Waals surface area contributed by atoms with E-state index in [-0.39, 0.29) is 5.41 Å². The van der Waals surface area contributed by atoms with Crippen molar-refractivity contribution < 1.29 is 8.42 Å². The number of hydrogen-bond donors (Lipinski definition) is 0. The van der Waals surface area contributed by atoms with Crippen LogP contribution in [0.4, 0.5) is 0 Å². The minimum Gasteiger partial charge on any atom is -0.320 e. The second-order valence-electron chi connectivity index (χ2n) is 4.99. The van der Waals surface area contributed by atoms with E-state index in [2.05, 4.69) is 17.1 Å². The molecule has 1 aromatic heterocycles. The van der Waals surface area contributed by atoms with Crippen molar-refractivity contribution in [1.82, 2.24) is 19.1 Å². The van der Waals surface area contributed by atoms with Crippen molar-refractivity contribution in [3.05, 3.63) is 12.2 Å². The molecule has 1 aliphatic heterocycles. The number of sulfonamides is 1. The third-order valence-corrected chi connectivity index (χ3v) is 4.85. The van der Waals surface area contributed by atoms with Gasteiger partial charge in [0.05, 0.1) is 6.26 Å². The van der Waals surface area contributed by atoms with Crippen molar-refractivity contribution in [3.8, 4) is 0 Å². The predicted molar refractivity (Wildman–Crippen MR) is 64.0 cm³/mol. The summed E-state index contributed by atoms with van der Waals surface area (Å²) in [6, 6.07) is 0. The molecular formula is C10H18N4O2S. The lowest BCUT2D eigenvalue weighted by Crippen LogP contribution is -2.44. The Balaban J connectivity index is 2.16. The Morgan fingerprint density at radius 1 is 1.35 bits per heavy atom. The fourth-order valence-corrected chi connectivity index (χ4v) is 3.21. The van der Waals surface area contributed by atoms with Gasteiger partial charge in [0.2, 0.25) is 10.0 Å². The maximum atomic E-state index is 11.4. The molecule has 1 saturated heterocycles. The Morgan fingerprint density at radius 2 is 1.94 bits per heavy atom. The van der Waals surface area contributed by atoms with E-state index in [4.69, 9.17) is 0 Å². The van der Waals surface area contributed by atoms with E-state index in [0.29, 0.717) is 13.1 Å².